The maximum absolute atomic E-state index is 12.1. The number of benzene rings is 2. The minimum Gasteiger partial charge on any atom is -0.340 e. The topological polar surface area (TPSA) is 54.0 Å². The van der Waals surface area contributed by atoms with E-state index in [1.165, 1.54) is 5.56 Å². The molecule has 0 radical (unpaired) electrons. The number of hydrogen-bond donors (Lipinski definition) is 2. The SMILES string of the molecule is Cc1ccc(CC(=O)Nc2ccc(Nc3cccc(Cl)c3)nc2)cc1. The lowest BCUT2D eigenvalue weighted by molar-refractivity contribution is -0.115. The molecule has 126 valence electrons. The molecule has 0 aliphatic heterocycles. The first-order valence-electron chi connectivity index (χ1n) is 7.92. The molecule has 3 aromatic rings. The molecule has 0 aliphatic carbocycles. The van der Waals surface area contributed by atoms with Crippen molar-refractivity contribution >= 4 is 34.7 Å². The van der Waals surface area contributed by atoms with Gasteiger partial charge in [-0.2, -0.15) is 0 Å². The van der Waals surface area contributed by atoms with Crippen LogP contribution in [-0.4, -0.2) is 10.9 Å². The van der Waals surface area contributed by atoms with E-state index in [1.807, 2.05) is 67.6 Å². The first-order chi connectivity index (χ1) is 12.1. The van der Waals surface area contributed by atoms with Gasteiger partial charge in [0.05, 0.1) is 18.3 Å². The summed E-state index contributed by atoms with van der Waals surface area (Å²) in [6.07, 6.45) is 1.96. The van der Waals surface area contributed by atoms with Gasteiger partial charge in [0, 0.05) is 10.7 Å². The summed E-state index contributed by atoms with van der Waals surface area (Å²) in [6.45, 7) is 2.02. The van der Waals surface area contributed by atoms with Crippen LogP contribution in [0, 0.1) is 6.92 Å². The minimum atomic E-state index is -0.0683. The van der Waals surface area contributed by atoms with E-state index in [9.17, 15) is 4.79 Å². The summed E-state index contributed by atoms with van der Waals surface area (Å²) in [5, 5.41) is 6.67. The molecule has 1 heterocycles. The predicted molar refractivity (Wildman–Crippen MR) is 102 cm³/mol. The Morgan fingerprint density at radius 2 is 1.84 bits per heavy atom. The fourth-order valence-electron chi connectivity index (χ4n) is 2.35. The quantitative estimate of drug-likeness (QED) is 0.682. The molecule has 0 spiro atoms. The van der Waals surface area contributed by atoms with E-state index in [1.54, 1.807) is 6.20 Å². The Morgan fingerprint density at radius 3 is 2.52 bits per heavy atom. The third kappa shape index (κ3) is 5.06. The van der Waals surface area contributed by atoms with Gasteiger partial charge in [0.2, 0.25) is 5.91 Å². The van der Waals surface area contributed by atoms with Crippen LogP contribution in [0.1, 0.15) is 11.1 Å². The number of carbonyl (C=O) groups excluding carboxylic acids is 1. The monoisotopic (exact) mass is 351 g/mol. The summed E-state index contributed by atoms with van der Waals surface area (Å²) in [5.41, 5.74) is 3.68. The highest BCUT2D eigenvalue weighted by atomic mass is 35.5. The van der Waals surface area contributed by atoms with Crippen molar-refractivity contribution in [2.45, 2.75) is 13.3 Å². The first kappa shape index (κ1) is 17.0. The Kier molecular flexibility index (Phi) is 5.31. The Balaban J connectivity index is 1.58. The van der Waals surface area contributed by atoms with Crippen LogP contribution < -0.4 is 10.6 Å². The van der Waals surface area contributed by atoms with Crippen LogP contribution in [0.2, 0.25) is 5.02 Å². The molecule has 0 fully saturated rings. The summed E-state index contributed by atoms with van der Waals surface area (Å²) in [5.74, 6) is 0.611. The van der Waals surface area contributed by atoms with Crippen LogP contribution in [0.25, 0.3) is 0 Å². The summed E-state index contributed by atoms with van der Waals surface area (Å²) < 4.78 is 0. The number of aryl methyl sites for hydroxylation is 1. The normalized spacial score (nSPS) is 10.3. The molecule has 0 saturated carbocycles. The molecular weight excluding hydrogens is 334 g/mol. The Morgan fingerprint density at radius 1 is 1.04 bits per heavy atom. The molecule has 0 bridgehead atoms. The van der Waals surface area contributed by atoms with Crippen molar-refractivity contribution in [3.63, 3.8) is 0 Å². The molecule has 0 aliphatic rings. The highest BCUT2D eigenvalue weighted by molar-refractivity contribution is 6.30. The maximum Gasteiger partial charge on any atom is 0.228 e. The van der Waals surface area contributed by atoms with Gasteiger partial charge in [-0.05, 0) is 42.8 Å². The molecule has 0 atom stereocenters. The number of pyridine rings is 1. The molecule has 25 heavy (non-hydrogen) atoms. The Bertz CT molecular complexity index is 861. The number of anilines is 3. The van der Waals surface area contributed by atoms with Crippen molar-refractivity contribution in [1.29, 1.82) is 0 Å². The van der Waals surface area contributed by atoms with E-state index in [0.29, 0.717) is 22.9 Å². The Labute approximate surface area is 151 Å². The largest absolute Gasteiger partial charge is 0.340 e. The van der Waals surface area contributed by atoms with Gasteiger partial charge < -0.3 is 10.6 Å². The van der Waals surface area contributed by atoms with Gasteiger partial charge in [0.15, 0.2) is 0 Å². The van der Waals surface area contributed by atoms with Gasteiger partial charge in [0.25, 0.3) is 0 Å². The number of aromatic nitrogens is 1. The number of halogens is 1. The van der Waals surface area contributed by atoms with Crippen LogP contribution in [0.3, 0.4) is 0 Å². The third-order valence-electron chi connectivity index (χ3n) is 3.63. The van der Waals surface area contributed by atoms with Crippen LogP contribution >= 0.6 is 11.6 Å². The lowest BCUT2D eigenvalue weighted by atomic mass is 10.1. The van der Waals surface area contributed by atoms with E-state index >= 15 is 0 Å². The van der Waals surface area contributed by atoms with E-state index in [0.717, 1.165) is 11.3 Å². The van der Waals surface area contributed by atoms with Gasteiger partial charge >= 0.3 is 0 Å². The number of rotatable bonds is 5. The molecule has 1 aromatic heterocycles. The van der Waals surface area contributed by atoms with E-state index in [2.05, 4.69) is 15.6 Å². The third-order valence-corrected chi connectivity index (χ3v) is 3.86. The molecule has 2 N–H and O–H groups in total. The lowest BCUT2D eigenvalue weighted by Crippen LogP contribution is -2.14. The number of hydrogen-bond acceptors (Lipinski definition) is 3. The van der Waals surface area contributed by atoms with E-state index in [4.69, 9.17) is 11.6 Å². The van der Waals surface area contributed by atoms with Gasteiger partial charge in [-0.15, -0.1) is 0 Å². The second kappa shape index (κ2) is 7.81. The standard InChI is InChI=1S/C20H18ClN3O/c1-14-5-7-15(8-6-14)11-20(25)24-18-9-10-19(22-13-18)23-17-4-2-3-16(21)12-17/h2-10,12-13H,11H2,1H3,(H,22,23)(H,24,25). The maximum atomic E-state index is 12.1. The van der Waals surface area contributed by atoms with Gasteiger partial charge in [0.1, 0.15) is 5.82 Å². The van der Waals surface area contributed by atoms with E-state index < -0.39 is 0 Å². The lowest BCUT2D eigenvalue weighted by Gasteiger charge is -2.08. The van der Waals surface area contributed by atoms with Crippen LogP contribution in [0.4, 0.5) is 17.2 Å². The first-order valence-corrected chi connectivity index (χ1v) is 8.30. The van der Waals surface area contributed by atoms with Crippen LogP contribution in [-0.2, 0) is 11.2 Å². The number of amides is 1. The zero-order valence-corrected chi connectivity index (χ0v) is 14.5. The average Bonchev–Trinajstić information content (AvgIpc) is 2.59. The zero-order chi connectivity index (χ0) is 17.6. The van der Waals surface area contributed by atoms with Gasteiger partial charge in [-0.25, -0.2) is 4.98 Å². The Hall–Kier alpha value is -2.85. The second-order valence-corrected chi connectivity index (χ2v) is 6.21. The highest BCUT2D eigenvalue weighted by Crippen LogP contribution is 2.19. The molecule has 5 heteroatoms. The summed E-state index contributed by atoms with van der Waals surface area (Å²) in [4.78, 5) is 16.4. The highest BCUT2D eigenvalue weighted by Gasteiger charge is 2.05. The molecule has 2 aromatic carbocycles. The molecule has 4 nitrogen and oxygen atoms in total. The fraction of sp³-hybridized carbons (Fsp3) is 0.100. The fourth-order valence-corrected chi connectivity index (χ4v) is 2.54. The van der Waals surface area contributed by atoms with Crippen LogP contribution in [0.15, 0.2) is 66.9 Å². The van der Waals surface area contributed by atoms with Crippen molar-refractivity contribution in [1.82, 2.24) is 4.98 Å². The van der Waals surface area contributed by atoms with Crippen LogP contribution in [0.5, 0.6) is 0 Å². The molecule has 0 unspecified atom stereocenters. The van der Waals surface area contributed by atoms with Crippen molar-refractivity contribution in [2.75, 3.05) is 10.6 Å². The number of nitrogens with zero attached hydrogens (tertiary/aromatic N) is 1. The molecular formula is C20H18ClN3O. The number of nitrogens with one attached hydrogen (secondary N) is 2. The zero-order valence-electron chi connectivity index (χ0n) is 13.8. The molecule has 3 rings (SSSR count). The van der Waals surface area contributed by atoms with Crippen molar-refractivity contribution < 1.29 is 4.79 Å². The molecule has 0 saturated heterocycles. The minimum absolute atomic E-state index is 0.0683. The van der Waals surface area contributed by atoms with E-state index in [-0.39, 0.29) is 5.91 Å². The second-order valence-electron chi connectivity index (χ2n) is 5.78. The van der Waals surface area contributed by atoms with Gasteiger partial charge in [-0.3, -0.25) is 4.79 Å². The van der Waals surface area contributed by atoms with Crippen molar-refractivity contribution in [2.24, 2.45) is 0 Å². The summed E-state index contributed by atoms with van der Waals surface area (Å²) in [7, 11) is 0. The smallest absolute Gasteiger partial charge is 0.228 e. The van der Waals surface area contributed by atoms with Crippen molar-refractivity contribution in [3.05, 3.63) is 83.0 Å². The molecule has 1 amide bonds. The summed E-state index contributed by atoms with van der Waals surface area (Å²) >= 11 is 5.96. The average molecular weight is 352 g/mol. The summed E-state index contributed by atoms with van der Waals surface area (Å²) in [6, 6.07) is 19.0. The number of carbonyl (C=O) groups is 1. The predicted octanol–water partition coefficient (Wildman–Crippen LogP) is 4.97. The van der Waals surface area contributed by atoms with Gasteiger partial charge in [-0.1, -0.05) is 47.5 Å². The van der Waals surface area contributed by atoms with Crippen molar-refractivity contribution in [3.8, 4) is 0 Å².